The van der Waals surface area contributed by atoms with Gasteiger partial charge in [-0.2, -0.15) is 0 Å². The zero-order valence-electron chi connectivity index (χ0n) is 8.50. The number of hydrogen-bond acceptors (Lipinski definition) is 4. The molecule has 0 radical (unpaired) electrons. The second kappa shape index (κ2) is 5.17. The lowest BCUT2D eigenvalue weighted by molar-refractivity contribution is 0.593. The summed E-state index contributed by atoms with van der Waals surface area (Å²) in [6, 6.07) is 0. The molecule has 0 aliphatic heterocycles. The lowest BCUT2D eigenvalue weighted by atomic mass is 10.1. The van der Waals surface area contributed by atoms with Crippen molar-refractivity contribution in [3.8, 4) is 0 Å². The van der Waals surface area contributed by atoms with Crippen LogP contribution < -0.4 is 5.32 Å². The molecule has 13 heavy (non-hydrogen) atoms. The average Bonchev–Trinajstić information content (AvgIpc) is 2.61. The molecule has 1 aromatic heterocycles. The fourth-order valence-electron chi connectivity index (χ4n) is 0.874. The number of aryl methyl sites for hydroxylation is 1. The first-order chi connectivity index (χ1) is 6.26. The summed E-state index contributed by atoms with van der Waals surface area (Å²) in [4.78, 5) is 0. The normalized spacial score (nSPS) is 12.8. The Balaban J connectivity index is 2.36. The van der Waals surface area contributed by atoms with Crippen LogP contribution >= 0.6 is 11.3 Å². The zero-order valence-corrected chi connectivity index (χ0v) is 9.32. The van der Waals surface area contributed by atoms with Crippen LogP contribution in [0.3, 0.4) is 0 Å². The van der Waals surface area contributed by atoms with E-state index in [2.05, 4.69) is 36.3 Å². The van der Waals surface area contributed by atoms with Gasteiger partial charge in [0.1, 0.15) is 5.01 Å². The van der Waals surface area contributed by atoms with Crippen molar-refractivity contribution in [3.05, 3.63) is 5.01 Å². The highest BCUT2D eigenvalue weighted by atomic mass is 32.1. The SMILES string of the molecule is CCc1nnc(NCC(C)CC)s1. The van der Waals surface area contributed by atoms with E-state index < -0.39 is 0 Å². The summed E-state index contributed by atoms with van der Waals surface area (Å²) in [6.45, 7) is 7.52. The largest absolute Gasteiger partial charge is 0.360 e. The van der Waals surface area contributed by atoms with Crippen molar-refractivity contribution in [1.29, 1.82) is 0 Å². The lowest BCUT2D eigenvalue weighted by Gasteiger charge is -2.07. The van der Waals surface area contributed by atoms with E-state index in [1.54, 1.807) is 11.3 Å². The molecule has 0 aliphatic carbocycles. The molecule has 0 spiro atoms. The molecule has 0 aromatic carbocycles. The molecule has 0 fully saturated rings. The van der Waals surface area contributed by atoms with Gasteiger partial charge in [-0.1, -0.05) is 38.5 Å². The summed E-state index contributed by atoms with van der Waals surface area (Å²) in [6.07, 6.45) is 2.18. The third-order valence-electron chi connectivity index (χ3n) is 2.07. The summed E-state index contributed by atoms with van der Waals surface area (Å²) < 4.78 is 0. The molecule has 0 saturated heterocycles. The summed E-state index contributed by atoms with van der Waals surface area (Å²) in [7, 11) is 0. The summed E-state index contributed by atoms with van der Waals surface area (Å²) in [5.41, 5.74) is 0. The van der Waals surface area contributed by atoms with Crippen molar-refractivity contribution in [1.82, 2.24) is 10.2 Å². The maximum absolute atomic E-state index is 4.05. The first kappa shape index (κ1) is 10.4. The standard InChI is InChI=1S/C9H17N3S/c1-4-7(3)6-10-9-12-11-8(5-2)13-9/h7H,4-6H2,1-3H3,(H,10,12). The smallest absolute Gasteiger partial charge is 0.205 e. The van der Waals surface area contributed by atoms with Gasteiger partial charge < -0.3 is 5.32 Å². The van der Waals surface area contributed by atoms with Crippen molar-refractivity contribution in [3.63, 3.8) is 0 Å². The lowest BCUT2D eigenvalue weighted by Crippen LogP contribution is -2.09. The number of aromatic nitrogens is 2. The van der Waals surface area contributed by atoms with Gasteiger partial charge in [0, 0.05) is 6.54 Å². The highest BCUT2D eigenvalue weighted by Crippen LogP contribution is 2.15. The number of nitrogens with zero attached hydrogens (tertiary/aromatic N) is 2. The molecule has 1 atom stereocenters. The molecular weight excluding hydrogens is 182 g/mol. The first-order valence-electron chi connectivity index (χ1n) is 4.82. The Morgan fingerprint density at radius 3 is 2.69 bits per heavy atom. The molecule has 0 amide bonds. The predicted octanol–water partition coefficient (Wildman–Crippen LogP) is 2.56. The minimum Gasteiger partial charge on any atom is -0.360 e. The van der Waals surface area contributed by atoms with Crippen molar-refractivity contribution < 1.29 is 0 Å². The fourth-order valence-corrected chi connectivity index (χ4v) is 1.56. The topological polar surface area (TPSA) is 37.8 Å². The van der Waals surface area contributed by atoms with E-state index >= 15 is 0 Å². The molecule has 3 nitrogen and oxygen atoms in total. The molecule has 0 saturated carbocycles. The first-order valence-corrected chi connectivity index (χ1v) is 5.64. The number of nitrogens with one attached hydrogen (secondary N) is 1. The van der Waals surface area contributed by atoms with E-state index in [4.69, 9.17) is 0 Å². The molecular formula is C9H17N3S. The Morgan fingerprint density at radius 1 is 1.38 bits per heavy atom. The quantitative estimate of drug-likeness (QED) is 0.792. The van der Waals surface area contributed by atoms with Gasteiger partial charge in [0.25, 0.3) is 0 Å². The molecule has 74 valence electrons. The number of rotatable bonds is 5. The molecule has 1 heterocycles. The van der Waals surface area contributed by atoms with Gasteiger partial charge >= 0.3 is 0 Å². The van der Waals surface area contributed by atoms with Crippen LogP contribution in [0, 0.1) is 5.92 Å². The Bertz CT molecular complexity index is 247. The van der Waals surface area contributed by atoms with Crippen molar-refractivity contribution in [2.24, 2.45) is 5.92 Å². The van der Waals surface area contributed by atoms with E-state index in [0.29, 0.717) is 5.92 Å². The van der Waals surface area contributed by atoms with E-state index in [1.807, 2.05) is 0 Å². The maximum atomic E-state index is 4.05. The van der Waals surface area contributed by atoms with Crippen molar-refractivity contribution in [2.75, 3.05) is 11.9 Å². The third-order valence-corrected chi connectivity index (χ3v) is 3.09. The second-order valence-electron chi connectivity index (χ2n) is 3.25. The van der Waals surface area contributed by atoms with Crippen molar-refractivity contribution >= 4 is 16.5 Å². The highest BCUT2D eigenvalue weighted by Gasteiger charge is 2.03. The fraction of sp³-hybridized carbons (Fsp3) is 0.778. The number of anilines is 1. The van der Waals surface area contributed by atoms with Crippen LogP contribution in [0.25, 0.3) is 0 Å². The Kier molecular flexibility index (Phi) is 4.15. The molecule has 0 bridgehead atoms. The van der Waals surface area contributed by atoms with Gasteiger partial charge in [-0.3, -0.25) is 0 Å². The minimum atomic E-state index is 0.703. The van der Waals surface area contributed by atoms with Gasteiger partial charge in [0.2, 0.25) is 5.13 Å². The summed E-state index contributed by atoms with van der Waals surface area (Å²) >= 11 is 1.65. The van der Waals surface area contributed by atoms with Gasteiger partial charge in [-0.15, -0.1) is 10.2 Å². The Morgan fingerprint density at radius 2 is 2.15 bits per heavy atom. The second-order valence-corrected chi connectivity index (χ2v) is 4.31. The van der Waals surface area contributed by atoms with Crippen LogP contribution in [0.15, 0.2) is 0 Å². The zero-order chi connectivity index (χ0) is 9.68. The molecule has 0 aliphatic rings. The van der Waals surface area contributed by atoms with Crippen LogP contribution in [0.4, 0.5) is 5.13 Å². The predicted molar refractivity (Wildman–Crippen MR) is 57.2 cm³/mol. The molecule has 4 heteroatoms. The van der Waals surface area contributed by atoms with Crippen LogP contribution in [0.1, 0.15) is 32.2 Å². The van der Waals surface area contributed by atoms with Gasteiger partial charge in [0.05, 0.1) is 0 Å². The van der Waals surface area contributed by atoms with Gasteiger partial charge in [0.15, 0.2) is 0 Å². The van der Waals surface area contributed by atoms with Gasteiger partial charge in [-0.25, -0.2) is 0 Å². The van der Waals surface area contributed by atoms with E-state index in [1.165, 1.54) is 6.42 Å². The highest BCUT2D eigenvalue weighted by molar-refractivity contribution is 7.15. The maximum Gasteiger partial charge on any atom is 0.205 e. The van der Waals surface area contributed by atoms with Crippen LogP contribution in [-0.4, -0.2) is 16.7 Å². The molecule has 1 N–H and O–H groups in total. The Labute approximate surface area is 83.6 Å². The van der Waals surface area contributed by atoms with E-state index in [-0.39, 0.29) is 0 Å². The third kappa shape index (κ3) is 3.30. The van der Waals surface area contributed by atoms with Crippen LogP contribution in [-0.2, 0) is 6.42 Å². The van der Waals surface area contributed by atoms with Crippen LogP contribution in [0.5, 0.6) is 0 Å². The monoisotopic (exact) mass is 199 g/mol. The van der Waals surface area contributed by atoms with Crippen molar-refractivity contribution in [2.45, 2.75) is 33.6 Å². The minimum absolute atomic E-state index is 0.703. The average molecular weight is 199 g/mol. The summed E-state index contributed by atoms with van der Waals surface area (Å²) in [5, 5.41) is 13.4. The van der Waals surface area contributed by atoms with Gasteiger partial charge in [-0.05, 0) is 12.3 Å². The van der Waals surface area contributed by atoms with E-state index in [9.17, 15) is 0 Å². The van der Waals surface area contributed by atoms with E-state index in [0.717, 1.165) is 23.1 Å². The molecule has 1 unspecified atom stereocenters. The molecule has 1 aromatic rings. The number of hydrogen-bond donors (Lipinski definition) is 1. The Hall–Kier alpha value is -0.640. The summed E-state index contributed by atoms with van der Waals surface area (Å²) in [5.74, 6) is 0.703. The van der Waals surface area contributed by atoms with Crippen LogP contribution in [0.2, 0.25) is 0 Å². The molecule has 1 rings (SSSR count).